The van der Waals surface area contributed by atoms with Gasteiger partial charge in [-0.15, -0.1) is 0 Å². The molecule has 1 aromatic rings. The first kappa shape index (κ1) is 10.3. The molecule has 0 unspecified atom stereocenters. The Bertz CT molecular complexity index is 416. The van der Waals surface area contributed by atoms with Crippen LogP contribution >= 0.6 is 11.8 Å². The minimum atomic E-state index is -4.13. The zero-order chi connectivity index (χ0) is 10.1. The smallest absolute Gasteiger partial charge is 0.294 e. The van der Waals surface area contributed by atoms with Crippen LogP contribution in [-0.2, 0) is 10.1 Å². The Morgan fingerprint density at radius 2 is 2.08 bits per heavy atom. The lowest BCUT2D eigenvalue weighted by atomic mass is 10.2. The lowest BCUT2D eigenvalue weighted by molar-refractivity contribution is 0.482. The van der Waals surface area contributed by atoms with E-state index in [2.05, 4.69) is 4.84 Å². The maximum Gasteiger partial charge on any atom is 0.294 e. The molecule has 0 aromatic heterocycles. The third-order valence-electron chi connectivity index (χ3n) is 1.56. The quantitative estimate of drug-likeness (QED) is 0.591. The number of aryl methyl sites for hydroxylation is 1. The van der Waals surface area contributed by atoms with E-state index < -0.39 is 10.1 Å². The summed E-state index contributed by atoms with van der Waals surface area (Å²) in [5.74, 6) is 0. The molecule has 0 radical (unpaired) electrons. The minimum absolute atomic E-state index is 0.108. The van der Waals surface area contributed by atoms with Crippen LogP contribution in [-0.4, -0.2) is 13.0 Å². The fraction of sp³-hybridized carbons (Fsp3) is 0.143. The number of halogens is 1. The second kappa shape index (κ2) is 3.53. The van der Waals surface area contributed by atoms with Crippen LogP contribution in [0.5, 0.6) is 0 Å². The largest absolute Gasteiger partial charge is 0.299 e. The van der Waals surface area contributed by atoms with Crippen molar-refractivity contribution < 1.29 is 13.0 Å². The van der Waals surface area contributed by atoms with Crippen molar-refractivity contribution in [2.45, 2.75) is 11.8 Å². The summed E-state index contributed by atoms with van der Waals surface area (Å²) >= 11 is 5.30. The fourth-order valence-corrected chi connectivity index (χ4v) is 1.82. The standard InChI is InChI=1S/C7H8ClNO3S/c1-5-4-6(9-8)2-3-7(5)13(10,11)12/h2-4,9H,1H3,(H,10,11,12). The molecule has 0 fully saturated rings. The Balaban J connectivity index is 3.29. The highest BCUT2D eigenvalue weighted by Crippen LogP contribution is 2.19. The van der Waals surface area contributed by atoms with E-state index in [0.717, 1.165) is 0 Å². The predicted molar refractivity (Wildman–Crippen MR) is 50.5 cm³/mol. The van der Waals surface area contributed by atoms with Gasteiger partial charge in [0.2, 0.25) is 0 Å². The summed E-state index contributed by atoms with van der Waals surface area (Å²) in [5, 5.41) is 0. The highest BCUT2D eigenvalue weighted by atomic mass is 35.5. The molecule has 0 atom stereocenters. The summed E-state index contributed by atoms with van der Waals surface area (Å²) in [6, 6.07) is 4.27. The Hall–Kier alpha value is -0.780. The van der Waals surface area contributed by atoms with Crippen molar-refractivity contribution in [2.24, 2.45) is 0 Å². The van der Waals surface area contributed by atoms with Crippen LogP contribution in [0, 0.1) is 6.92 Å². The number of anilines is 1. The summed E-state index contributed by atoms with van der Waals surface area (Å²) < 4.78 is 30.3. The van der Waals surface area contributed by atoms with E-state index in [1.54, 1.807) is 6.92 Å². The Morgan fingerprint density at radius 3 is 2.46 bits per heavy atom. The van der Waals surface area contributed by atoms with Gasteiger partial charge in [0, 0.05) is 17.5 Å². The van der Waals surface area contributed by atoms with Gasteiger partial charge in [0.05, 0.1) is 4.90 Å². The number of benzene rings is 1. The molecule has 0 saturated heterocycles. The van der Waals surface area contributed by atoms with Gasteiger partial charge in [-0.2, -0.15) is 8.42 Å². The number of hydrogen-bond acceptors (Lipinski definition) is 3. The molecule has 0 saturated carbocycles. The fourth-order valence-electron chi connectivity index (χ4n) is 0.998. The molecule has 13 heavy (non-hydrogen) atoms. The van der Waals surface area contributed by atoms with Crippen LogP contribution in [0.1, 0.15) is 5.56 Å². The van der Waals surface area contributed by atoms with Gasteiger partial charge in [0.1, 0.15) is 0 Å². The van der Waals surface area contributed by atoms with Crippen molar-refractivity contribution in [3.8, 4) is 0 Å². The Kier molecular flexibility index (Phi) is 2.80. The predicted octanol–water partition coefficient (Wildman–Crippen LogP) is 1.81. The van der Waals surface area contributed by atoms with Gasteiger partial charge in [-0.05, 0) is 30.7 Å². The van der Waals surface area contributed by atoms with Crippen LogP contribution in [0.2, 0.25) is 0 Å². The maximum atomic E-state index is 10.8. The molecule has 0 amide bonds. The lowest BCUT2D eigenvalue weighted by Gasteiger charge is -2.03. The molecule has 1 aromatic carbocycles. The summed E-state index contributed by atoms with van der Waals surface area (Å²) in [6.45, 7) is 1.57. The molecule has 0 aliphatic heterocycles. The van der Waals surface area contributed by atoms with E-state index >= 15 is 0 Å². The maximum absolute atomic E-state index is 10.8. The molecule has 1 rings (SSSR count). The van der Waals surface area contributed by atoms with Gasteiger partial charge in [0.15, 0.2) is 0 Å². The molecular formula is C7H8ClNO3S. The molecule has 6 heteroatoms. The van der Waals surface area contributed by atoms with Gasteiger partial charge in [-0.1, -0.05) is 0 Å². The van der Waals surface area contributed by atoms with E-state index in [-0.39, 0.29) is 4.90 Å². The molecule has 0 aliphatic rings. The highest BCUT2D eigenvalue weighted by Gasteiger charge is 2.12. The molecule has 0 aliphatic carbocycles. The highest BCUT2D eigenvalue weighted by molar-refractivity contribution is 7.85. The van der Waals surface area contributed by atoms with Crippen LogP contribution in [0.25, 0.3) is 0 Å². The van der Waals surface area contributed by atoms with Crippen molar-refractivity contribution in [3.05, 3.63) is 23.8 Å². The number of rotatable bonds is 2. The number of hydrogen-bond donors (Lipinski definition) is 2. The zero-order valence-corrected chi connectivity index (χ0v) is 8.35. The van der Waals surface area contributed by atoms with Gasteiger partial charge in [-0.25, -0.2) is 0 Å². The van der Waals surface area contributed by atoms with Crippen LogP contribution in [0.3, 0.4) is 0 Å². The van der Waals surface area contributed by atoms with Crippen molar-refractivity contribution in [1.29, 1.82) is 0 Å². The van der Waals surface area contributed by atoms with Gasteiger partial charge >= 0.3 is 0 Å². The van der Waals surface area contributed by atoms with E-state index in [9.17, 15) is 8.42 Å². The lowest BCUT2D eigenvalue weighted by Crippen LogP contribution is -2.00. The Labute approximate surface area is 81.4 Å². The first-order chi connectivity index (χ1) is 5.95. The van der Waals surface area contributed by atoms with Crippen LogP contribution in [0.15, 0.2) is 23.1 Å². The van der Waals surface area contributed by atoms with Crippen LogP contribution in [0.4, 0.5) is 5.69 Å². The molecule has 0 heterocycles. The average molecular weight is 222 g/mol. The van der Waals surface area contributed by atoms with Crippen molar-refractivity contribution >= 4 is 27.6 Å². The van der Waals surface area contributed by atoms with E-state index in [4.69, 9.17) is 16.3 Å². The van der Waals surface area contributed by atoms with E-state index in [1.807, 2.05) is 0 Å². The van der Waals surface area contributed by atoms with E-state index in [0.29, 0.717) is 11.3 Å². The average Bonchev–Trinajstić information content (AvgIpc) is 2.01. The molecular weight excluding hydrogens is 214 g/mol. The van der Waals surface area contributed by atoms with Crippen LogP contribution < -0.4 is 4.84 Å². The molecule has 4 nitrogen and oxygen atoms in total. The van der Waals surface area contributed by atoms with Crippen molar-refractivity contribution in [3.63, 3.8) is 0 Å². The second-order valence-corrected chi connectivity index (χ2v) is 4.13. The second-order valence-electron chi connectivity index (χ2n) is 2.55. The summed E-state index contributed by atoms with van der Waals surface area (Å²) in [7, 11) is -4.13. The number of nitrogens with one attached hydrogen (secondary N) is 1. The first-order valence-corrected chi connectivity index (χ1v) is 5.22. The minimum Gasteiger partial charge on any atom is -0.299 e. The summed E-state index contributed by atoms with van der Waals surface area (Å²) in [4.78, 5) is 2.23. The van der Waals surface area contributed by atoms with Gasteiger partial charge in [-0.3, -0.25) is 9.39 Å². The molecule has 0 spiro atoms. The topological polar surface area (TPSA) is 66.4 Å². The van der Waals surface area contributed by atoms with Crippen molar-refractivity contribution in [2.75, 3.05) is 4.84 Å². The molecule has 0 bridgehead atoms. The summed E-state index contributed by atoms with van der Waals surface area (Å²) in [5.41, 5.74) is 1.01. The SMILES string of the molecule is Cc1cc(NCl)ccc1S(=O)(=O)O. The normalized spacial score (nSPS) is 11.3. The third kappa shape index (κ3) is 2.33. The third-order valence-corrected chi connectivity index (χ3v) is 2.79. The Morgan fingerprint density at radius 1 is 1.46 bits per heavy atom. The van der Waals surface area contributed by atoms with Gasteiger partial charge in [0.25, 0.3) is 10.1 Å². The molecule has 2 N–H and O–H groups in total. The van der Waals surface area contributed by atoms with Gasteiger partial charge < -0.3 is 0 Å². The zero-order valence-electron chi connectivity index (χ0n) is 6.78. The van der Waals surface area contributed by atoms with Crippen molar-refractivity contribution in [1.82, 2.24) is 0 Å². The first-order valence-electron chi connectivity index (χ1n) is 3.40. The monoisotopic (exact) mass is 221 g/mol. The van der Waals surface area contributed by atoms with E-state index in [1.165, 1.54) is 18.2 Å². The summed E-state index contributed by atoms with van der Waals surface area (Å²) in [6.07, 6.45) is 0. The molecule has 72 valence electrons.